The molecule has 6 amide bonds. The zero-order valence-electron chi connectivity index (χ0n) is 48.6. The molecule has 0 saturated carbocycles. The van der Waals surface area contributed by atoms with Gasteiger partial charge in [-0.2, -0.15) is 0 Å². The Hall–Kier alpha value is -5.67. The quantitative estimate of drug-likeness (QED) is 0.118. The van der Waals surface area contributed by atoms with Gasteiger partial charge in [0, 0.05) is 39.1 Å². The van der Waals surface area contributed by atoms with Crippen molar-refractivity contribution in [3.8, 4) is 5.75 Å². The summed E-state index contributed by atoms with van der Waals surface area (Å²) in [6, 6.07) is -0.766. The number of ketones is 1. The molecule has 3 heterocycles. The molecule has 3 saturated heterocycles. The number of likely N-dealkylation sites (tertiary alicyclic amines) is 1. The lowest BCUT2D eigenvalue weighted by Crippen LogP contribution is -2.61. The van der Waals surface area contributed by atoms with Crippen molar-refractivity contribution in [1.82, 2.24) is 35.6 Å². The van der Waals surface area contributed by atoms with Crippen molar-refractivity contribution >= 4 is 53.2 Å². The third-order valence-electron chi connectivity index (χ3n) is 15.5. The van der Waals surface area contributed by atoms with Gasteiger partial charge in [-0.3, -0.25) is 43.3 Å². The molecule has 3 aliphatic rings. The van der Waals surface area contributed by atoms with E-state index in [1.54, 1.807) is 61.9 Å². The van der Waals surface area contributed by atoms with E-state index in [0.29, 0.717) is 50.0 Å². The van der Waals surface area contributed by atoms with Gasteiger partial charge in [0.25, 0.3) is 5.91 Å². The van der Waals surface area contributed by atoms with Gasteiger partial charge in [-0.1, -0.05) is 73.9 Å². The lowest BCUT2D eigenvalue weighted by Gasteiger charge is -2.36. The van der Waals surface area contributed by atoms with Crippen LogP contribution in [0.1, 0.15) is 133 Å². The summed E-state index contributed by atoms with van der Waals surface area (Å²) in [4.78, 5) is 135. The Labute approximate surface area is 461 Å². The summed E-state index contributed by atoms with van der Waals surface area (Å²) >= 11 is 0. The number of aliphatic hydroxyl groups excluding tert-OH is 2. The molecule has 1 aromatic carbocycles. The van der Waals surface area contributed by atoms with Gasteiger partial charge >= 0.3 is 11.9 Å². The molecule has 5 N–H and O–H groups in total. The monoisotopic (exact) mass is 1100 g/mol. The van der Waals surface area contributed by atoms with E-state index in [4.69, 9.17) is 14.2 Å². The maximum Gasteiger partial charge on any atom is 0.329 e. The van der Waals surface area contributed by atoms with E-state index in [-0.39, 0.29) is 50.2 Å². The number of aliphatic hydroxyl groups is 2. The molecule has 4 rings (SSSR count). The highest BCUT2D eigenvalue weighted by molar-refractivity contribution is 6.05. The van der Waals surface area contributed by atoms with Gasteiger partial charge in [0.15, 0.2) is 11.9 Å². The lowest BCUT2D eigenvalue weighted by atomic mass is 9.91. The summed E-state index contributed by atoms with van der Waals surface area (Å²) in [7, 11) is 4.67. The van der Waals surface area contributed by atoms with E-state index in [1.807, 2.05) is 34.6 Å². The normalized spacial score (nSPS) is 28.1. The molecule has 0 bridgehead atoms. The number of carbonyl (C=O) groups is 9. The summed E-state index contributed by atoms with van der Waals surface area (Å²) in [5.41, 5.74) is 0.604. The van der Waals surface area contributed by atoms with Crippen LogP contribution in [-0.2, 0) is 59.0 Å². The highest BCUT2D eigenvalue weighted by atomic mass is 16.6. The largest absolute Gasteiger partial charge is 0.497 e. The first-order chi connectivity index (χ1) is 36.6. The van der Waals surface area contributed by atoms with Gasteiger partial charge < -0.3 is 55.1 Å². The Morgan fingerprint density at radius 2 is 1.51 bits per heavy atom. The van der Waals surface area contributed by atoms with Crippen LogP contribution in [0.2, 0.25) is 0 Å². The fraction of sp³-hybridized carbons (Fsp3) is 0.737. The minimum absolute atomic E-state index is 0.0444. The molecule has 0 aliphatic carbocycles. The highest BCUT2D eigenvalue weighted by Crippen LogP contribution is 2.27. The van der Waals surface area contributed by atoms with E-state index in [2.05, 4.69) is 16.0 Å². The molecular formula is C57H91N7O14. The fourth-order valence-electron chi connectivity index (χ4n) is 10.7. The number of amides is 6. The van der Waals surface area contributed by atoms with Crippen LogP contribution in [0.3, 0.4) is 0 Å². The Morgan fingerprint density at radius 1 is 0.872 bits per heavy atom. The van der Waals surface area contributed by atoms with Gasteiger partial charge in [-0.15, -0.1) is 0 Å². The van der Waals surface area contributed by atoms with Crippen molar-refractivity contribution in [2.45, 2.75) is 201 Å². The third kappa shape index (κ3) is 17.2. The van der Waals surface area contributed by atoms with Crippen LogP contribution in [0.25, 0.3) is 0 Å². The fourth-order valence-corrected chi connectivity index (χ4v) is 10.7. The Kier molecular flexibility index (Phi) is 24.5. The predicted molar refractivity (Wildman–Crippen MR) is 290 cm³/mol. The molecule has 0 spiro atoms. The number of fused-ring (bicyclic) bond motifs is 1. The minimum Gasteiger partial charge on any atom is -0.497 e. The van der Waals surface area contributed by atoms with Crippen LogP contribution in [0.15, 0.2) is 24.3 Å². The van der Waals surface area contributed by atoms with E-state index in [0.717, 1.165) is 0 Å². The first kappa shape index (κ1) is 64.9. The molecule has 1 aromatic rings. The van der Waals surface area contributed by atoms with E-state index in [1.165, 1.54) is 44.7 Å². The Morgan fingerprint density at radius 3 is 2.09 bits per heavy atom. The van der Waals surface area contributed by atoms with Crippen molar-refractivity contribution in [3.05, 3.63) is 29.8 Å². The smallest absolute Gasteiger partial charge is 0.329 e. The Balaban J connectivity index is 1.87. The van der Waals surface area contributed by atoms with Gasteiger partial charge in [0.2, 0.25) is 29.5 Å². The number of carbonyl (C=O) groups excluding carboxylic acids is 9. The van der Waals surface area contributed by atoms with Crippen LogP contribution in [0.4, 0.5) is 0 Å². The molecule has 438 valence electrons. The van der Waals surface area contributed by atoms with Crippen molar-refractivity contribution in [2.75, 3.05) is 40.8 Å². The number of nitrogens with zero attached hydrogens (tertiary/aromatic N) is 4. The summed E-state index contributed by atoms with van der Waals surface area (Å²) in [5, 5.41) is 30.5. The minimum atomic E-state index is -1.64. The first-order valence-corrected chi connectivity index (χ1v) is 28.0. The second kappa shape index (κ2) is 29.5. The molecule has 21 heteroatoms. The van der Waals surface area contributed by atoms with Crippen LogP contribution in [0, 0.1) is 29.6 Å². The molecule has 3 fully saturated rings. The van der Waals surface area contributed by atoms with E-state index < -0.39 is 138 Å². The van der Waals surface area contributed by atoms with Crippen molar-refractivity contribution in [2.24, 2.45) is 29.6 Å². The average molecular weight is 1100 g/mol. The molecule has 78 heavy (non-hydrogen) atoms. The Bertz CT molecular complexity index is 2240. The molecule has 8 unspecified atom stereocenters. The third-order valence-corrected chi connectivity index (χ3v) is 15.5. The van der Waals surface area contributed by atoms with Gasteiger partial charge in [0.05, 0.1) is 37.6 Å². The summed E-state index contributed by atoms with van der Waals surface area (Å²) in [5.74, 6) is -8.68. The van der Waals surface area contributed by atoms with Crippen LogP contribution in [-0.4, -0.2) is 191 Å². The number of Topliss-reactive ketones (excluding diaryl/α,β-unsaturated/α-hetero) is 1. The van der Waals surface area contributed by atoms with E-state index >= 15 is 4.79 Å². The predicted octanol–water partition coefficient (Wildman–Crippen LogP) is 2.79. The number of methoxy groups -OCH3 is 1. The van der Waals surface area contributed by atoms with Crippen LogP contribution >= 0.6 is 0 Å². The van der Waals surface area contributed by atoms with Gasteiger partial charge in [-0.25, -0.2) is 4.79 Å². The summed E-state index contributed by atoms with van der Waals surface area (Å²) < 4.78 is 17.3. The maximum absolute atomic E-state index is 15.0. The van der Waals surface area contributed by atoms with Crippen LogP contribution < -0.4 is 20.7 Å². The topological polar surface area (TPSA) is 271 Å². The SMILES string of the molecule is CC[C@H](C)C1NC(=O)C(NC(=O)C(CC(C)C)N(C)C[C@@H]2CCCN2C(=O)C(C)O)C(C)OC(=O)C(Cc2ccc(OC)cc2)N(C)C(=O)[C@@H]2CCCN2C(=O)C(CC(C)C)NC(=O)[C@@H](C)C(=O)[C@H](C(C)C)OC(=O)CC1O. The number of hydrogen-bond donors (Lipinski definition) is 5. The average Bonchev–Trinajstić information content (AvgIpc) is 4.09. The molecule has 13 atom stereocenters. The van der Waals surface area contributed by atoms with Crippen molar-refractivity contribution < 1.29 is 67.6 Å². The summed E-state index contributed by atoms with van der Waals surface area (Å²) in [6.45, 7) is 19.4. The zero-order valence-corrected chi connectivity index (χ0v) is 48.6. The standard InChI is InChI=1S/C57H91N7O14/c1-15-34(8)47-45(66)29-46(67)78-50(33(6)7)49(68)35(9)51(69)58-41(26-31(2)3)55(73)64-25-17-19-42(64)56(74)62(13)44(28-38-20-22-40(76-14)23-21-38)57(75)77-37(11)48(53(71)59-47)60-52(70)43(27-32(4)5)61(12)30-39-18-16-24-63(39)54(72)36(10)65/h20-23,31-37,39,41-45,47-48,50,65-66H,15-19,24-30H2,1-14H3,(H,58,69)(H,59,71)(H,60,70)/t34-,35-,36?,37?,39-,41?,42-,43?,44?,45?,47?,48?,50-/m0/s1. The number of ether oxygens (including phenoxy) is 3. The number of rotatable bonds is 16. The second-order valence-corrected chi connectivity index (χ2v) is 23.1. The molecular weight excluding hydrogens is 1010 g/mol. The van der Waals surface area contributed by atoms with Gasteiger partial charge in [-0.05, 0) is 108 Å². The second-order valence-electron chi connectivity index (χ2n) is 23.1. The van der Waals surface area contributed by atoms with Crippen LogP contribution in [0.5, 0.6) is 5.75 Å². The molecule has 3 aliphatic heterocycles. The molecule has 21 nitrogen and oxygen atoms in total. The molecule has 0 aromatic heterocycles. The number of cyclic esters (lactones) is 2. The number of benzene rings is 1. The number of likely N-dealkylation sites (N-methyl/N-ethyl adjacent to an activating group) is 2. The number of esters is 2. The lowest BCUT2D eigenvalue weighted by molar-refractivity contribution is -0.163. The maximum atomic E-state index is 15.0. The van der Waals surface area contributed by atoms with Crippen molar-refractivity contribution in [3.63, 3.8) is 0 Å². The number of hydrogen-bond acceptors (Lipinski definition) is 15. The highest BCUT2D eigenvalue weighted by Gasteiger charge is 2.45. The zero-order chi connectivity index (χ0) is 58.5. The first-order valence-electron chi connectivity index (χ1n) is 28.0. The van der Waals surface area contributed by atoms with Gasteiger partial charge in [0.1, 0.15) is 42.1 Å². The van der Waals surface area contributed by atoms with E-state index in [9.17, 15) is 48.6 Å². The van der Waals surface area contributed by atoms with Crippen molar-refractivity contribution in [1.29, 1.82) is 0 Å². The molecule has 0 radical (unpaired) electrons. The summed E-state index contributed by atoms with van der Waals surface area (Å²) in [6.07, 6.45) is -3.66. The number of nitrogens with one attached hydrogen (secondary N) is 3.